The summed E-state index contributed by atoms with van der Waals surface area (Å²) in [5, 5.41) is 88.5. The van der Waals surface area contributed by atoms with E-state index < -0.39 is 70.3 Å². The van der Waals surface area contributed by atoms with E-state index in [1.165, 1.54) is 0 Å². The van der Waals surface area contributed by atoms with Gasteiger partial charge >= 0.3 is 0 Å². The van der Waals surface area contributed by atoms with Crippen LogP contribution in [0.1, 0.15) is 98.3 Å². The van der Waals surface area contributed by atoms with Gasteiger partial charge in [0.25, 0.3) is 0 Å². The van der Waals surface area contributed by atoms with Crippen molar-refractivity contribution in [2.45, 2.75) is 146 Å². The summed E-state index contributed by atoms with van der Waals surface area (Å²) in [6.45, 7) is 7.73. The number of Topliss-reactive ketones (excluding diaryl/α,β-unsaturated/α-hetero) is 1. The number of nitrogens with two attached hydrogens (primary N) is 1. The molecule has 2 heterocycles. The lowest BCUT2D eigenvalue weighted by Gasteiger charge is -2.64. The van der Waals surface area contributed by atoms with Crippen LogP contribution in [0.2, 0.25) is 0 Å². The van der Waals surface area contributed by atoms with Crippen molar-refractivity contribution in [1.29, 1.82) is 0 Å². The molecule has 0 amide bonds. The Morgan fingerprint density at radius 1 is 1.11 bits per heavy atom. The van der Waals surface area contributed by atoms with Crippen LogP contribution in [0.3, 0.4) is 0 Å². The topological polar surface area (TPSA) is 218 Å². The Bertz CT molecular complexity index is 1590. The third kappa shape index (κ3) is 6.76. The van der Waals surface area contributed by atoms with E-state index in [1.54, 1.807) is 13.8 Å². The van der Waals surface area contributed by atoms with Gasteiger partial charge in [-0.3, -0.25) is 4.79 Å². The van der Waals surface area contributed by atoms with E-state index >= 15 is 4.79 Å². The normalized spacial score (nSPS) is 45.2. The molecule has 12 heteroatoms. The fourth-order valence-corrected chi connectivity index (χ4v) is 13.1. The maximum Gasteiger partial charge on any atom is 0.182 e. The van der Waals surface area contributed by atoms with Gasteiger partial charge in [-0.1, -0.05) is 57.8 Å². The summed E-state index contributed by atoms with van der Waals surface area (Å²) in [5.41, 5.74) is 2.72. The molecule has 1 unspecified atom stereocenters. The van der Waals surface area contributed by atoms with E-state index in [0.717, 1.165) is 37.7 Å². The fourth-order valence-electron chi connectivity index (χ4n) is 13.1. The first-order chi connectivity index (χ1) is 26.5. The Kier molecular flexibility index (Phi) is 11.9. The molecule has 7 rings (SSSR count). The van der Waals surface area contributed by atoms with Crippen molar-refractivity contribution in [2.24, 2.45) is 58.0 Å². The molecule has 1 saturated heterocycles. The van der Waals surface area contributed by atoms with Gasteiger partial charge in [-0.15, -0.1) is 0 Å². The number of hydrogen-bond acceptors (Lipinski definition) is 12. The minimum Gasteiger partial charge on any atom is -0.396 e. The van der Waals surface area contributed by atoms with Crippen LogP contribution < -0.4 is 16.4 Å². The highest BCUT2D eigenvalue weighted by Crippen LogP contribution is 2.72. The van der Waals surface area contributed by atoms with Crippen molar-refractivity contribution in [3.63, 3.8) is 0 Å². The van der Waals surface area contributed by atoms with Crippen LogP contribution in [0.15, 0.2) is 47.3 Å². The zero-order valence-electron chi connectivity index (χ0n) is 33.8. The molecule has 5 aliphatic carbocycles. The summed E-state index contributed by atoms with van der Waals surface area (Å²) in [5.74, 6) is -2.58. The highest BCUT2D eigenvalue weighted by molar-refractivity contribution is 6.00. The van der Waals surface area contributed by atoms with Crippen LogP contribution in [0.4, 0.5) is 0 Å². The number of hydrogen-bond donors (Lipinski definition) is 10. The Balaban J connectivity index is 1.31. The number of ketones is 1. The number of unbranched alkanes of at least 4 members (excludes halogenated alkanes) is 3. The van der Waals surface area contributed by atoms with Gasteiger partial charge < -0.3 is 56.8 Å². The maximum atomic E-state index is 15.1. The average molecular weight is 784 g/mol. The molecule has 3 saturated carbocycles. The SMILES string of the molecule is CCCCCC[C@@H]1CO[C@@H]([C@@H](O)[C@](C)(O)[C@H]2CC[C@@]3(O)C4=C(NC[C@H](C)O)C(=O)[C@@H]5C[C@@H](O)[C@@H](O)C[C@@]56C[C@@H](C5=CNC(N)C=C5)C=C[C@H](C[C@]23C)[C@@H]46)[C@H]1CO. The van der Waals surface area contributed by atoms with Crippen molar-refractivity contribution in [3.8, 4) is 0 Å². The third-order valence-corrected chi connectivity index (χ3v) is 15.9. The summed E-state index contributed by atoms with van der Waals surface area (Å²) in [6, 6.07) is 0. The van der Waals surface area contributed by atoms with Gasteiger partial charge in [0.05, 0.1) is 54.1 Å². The summed E-state index contributed by atoms with van der Waals surface area (Å²) >= 11 is 0. The number of aliphatic hydroxyl groups excluding tert-OH is 5. The molecule has 314 valence electrons. The van der Waals surface area contributed by atoms with Gasteiger partial charge in [-0.25, -0.2) is 0 Å². The van der Waals surface area contributed by atoms with Gasteiger partial charge in [0.15, 0.2) is 5.78 Å². The number of fused-ring (bicyclic) bond motifs is 2. The number of ether oxygens (including phenoxy) is 1. The van der Waals surface area contributed by atoms with Crippen LogP contribution >= 0.6 is 0 Å². The number of allylic oxidation sites excluding steroid dienone is 5. The molecule has 11 N–H and O–H groups in total. The zero-order chi connectivity index (χ0) is 40.4. The third-order valence-electron chi connectivity index (χ3n) is 15.9. The number of dihydropyridines is 1. The molecule has 0 bridgehead atoms. The van der Waals surface area contributed by atoms with Gasteiger partial charge in [-0.05, 0) is 105 Å². The second-order valence-corrected chi connectivity index (χ2v) is 19.3. The van der Waals surface area contributed by atoms with E-state index in [0.29, 0.717) is 31.4 Å². The van der Waals surface area contributed by atoms with E-state index in [1.807, 2.05) is 25.3 Å². The first-order valence-corrected chi connectivity index (χ1v) is 21.5. The predicted octanol–water partition coefficient (Wildman–Crippen LogP) is 2.31. The Morgan fingerprint density at radius 2 is 1.88 bits per heavy atom. The monoisotopic (exact) mass is 784 g/mol. The van der Waals surface area contributed by atoms with Gasteiger partial charge in [-0.2, -0.15) is 0 Å². The molecule has 4 fully saturated rings. The van der Waals surface area contributed by atoms with Gasteiger partial charge in [0, 0.05) is 42.5 Å². The number of carbonyl (C=O) groups is 1. The molecule has 2 aliphatic heterocycles. The molecule has 12 nitrogen and oxygen atoms in total. The predicted molar refractivity (Wildman–Crippen MR) is 211 cm³/mol. The van der Waals surface area contributed by atoms with Gasteiger partial charge in [0.1, 0.15) is 6.10 Å². The van der Waals surface area contributed by atoms with Crippen molar-refractivity contribution in [3.05, 3.63) is 47.3 Å². The van der Waals surface area contributed by atoms with Crippen LogP contribution in [-0.2, 0) is 9.53 Å². The van der Waals surface area contributed by atoms with Crippen LogP contribution in [-0.4, -0.2) is 109 Å². The smallest absolute Gasteiger partial charge is 0.182 e. The molecular formula is C44H69N3O9. The summed E-state index contributed by atoms with van der Waals surface area (Å²) in [7, 11) is 0. The Labute approximate surface area is 332 Å². The minimum atomic E-state index is -1.74. The van der Waals surface area contributed by atoms with E-state index in [2.05, 4.69) is 29.7 Å². The number of rotatable bonds is 13. The molecule has 56 heavy (non-hydrogen) atoms. The fraction of sp³-hybridized carbons (Fsp3) is 0.795. The Morgan fingerprint density at radius 3 is 2.55 bits per heavy atom. The number of nitrogens with one attached hydrogen (secondary N) is 2. The van der Waals surface area contributed by atoms with E-state index in [9.17, 15) is 35.7 Å². The second-order valence-electron chi connectivity index (χ2n) is 19.3. The van der Waals surface area contributed by atoms with Crippen molar-refractivity contribution in [1.82, 2.24) is 10.6 Å². The molecule has 0 aromatic carbocycles. The van der Waals surface area contributed by atoms with E-state index in [4.69, 9.17) is 10.5 Å². The quantitative estimate of drug-likeness (QED) is 0.0962. The first kappa shape index (κ1) is 42.0. The molecule has 0 aromatic heterocycles. The Hall–Kier alpha value is -2.13. The molecule has 0 radical (unpaired) electrons. The summed E-state index contributed by atoms with van der Waals surface area (Å²) in [4.78, 5) is 15.1. The lowest BCUT2D eigenvalue weighted by Crippen LogP contribution is -2.67. The van der Waals surface area contributed by atoms with Crippen molar-refractivity contribution >= 4 is 5.78 Å². The average Bonchev–Trinajstić information content (AvgIpc) is 3.64. The van der Waals surface area contributed by atoms with Crippen LogP contribution in [0, 0.1) is 52.3 Å². The van der Waals surface area contributed by atoms with Crippen LogP contribution in [0.25, 0.3) is 0 Å². The minimum absolute atomic E-state index is 0.0671. The molecule has 0 aromatic rings. The molecule has 1 spiro atoms. The molecule has 17 atom stereocenters. The van der Waals surface area contributed by atoms with Gasteiger partial charge in [0.2, 0.25) is 0 Å². The maximum absolute atomic E-state index is 15.1. The van der Waals surface area contributed by atoms with Crippen molar-refractivity contribution in [2.75, 3.05) is 19.8 Å². The van der Waals surface area contributed by atoms with E-state index in [-0.39, 0.29) is 73.7 Å². The standard InChI is InChI=1S/C44H69N3O9/c1-5-6-7-8-9-28-23-56-39(29(28)22-48)40(53)42(4,54)33-14-15-44(55)36-35-26(17-41(33,44)3)11-10-25(27-12-13-34(45)46-21-27)18-43(35)19-32(51)31(50)16-30(43)38(52)37(36)47-20-24(2)49/h10-13,21,24-26,28-35,39-40,46-51,53-55H,5-9,14-20,22-23,45H2,1-4H3/t24-,25-,26+,28+,29-,30-,31+,32-,33-,34?,35-,39+,40+,41+,42+,43-,44+/m0/s1. The lowest BCUT2D eigenvalue weighted by molar-refractivity contribution is -0.202. The lowest BCUT2D eigenvalue weighted by atomic mass is 9.41. The van der Waals surface area contributed by atoms with Crippen LogP contribution in [0.5, 0.6) is 0 Å². The summed E-state index contributed by atoms with van der Waals surface area (Å²) in [6.07, 6.45) is 11.8. The molecular weight excluding hydrogens is 714 g/mol. The second kappa shape index (κ2) is 15.8. The number of aliphatic hydroxyl groups is 7. The first-order valence-electron chi connectivity index (χ1n) is 21.5. The molecule has 7 aliphatic rings. The summed E-state index contributed by atoms with van der Waals surface area (Å²) < 4.78 is 6.24. The highest BCUT2D eigenvalue weighted by atomic mass is 16.5. The largest absolute Gasteiger partial charge is 0.396 e. The number of carbonyl (C=O) groups excluding carboxylic acids is 1. The zero-order valence-corrected chi connectivity index (χ0v) is 33.8. The van der Waals surface area contributed by atoms with Crippen molar-refractivity contribution < 1.29 is 45.3 Å². The highest BCUT2D eigenvalue weighted by Gasteiger charge is 2.73.